The number of likely N-dealkylation sites (tertiary alicyclic amines) is 1. The minimum absolute atomic E-state index is 0.0315. The molecule has 0 radical (unpaired) electrons. The van der Waals surface area contributed by atoms with E-state index in [0.717, 1.165) is 0 Å². The van der Waals surface area contributed by atoms with E-state index in [1.807, 2.05) is 0 Å². The molecule has 2 N–H and O–H groups in total. The summed E-state index contributed by atoms with van der Waals surface area (Å²) in [5.74, 6) is -1.98. The number of nitrogens with two attached hydrogens (primary N) is 1. The fourth-order valence-corrected chi connectivity index (χ4v) is 2.18. The number of alkyl halides is 3. The molecule has 1 aliphatic rings. The van der Waals surface area contributed by atoms with E-state index in [0.29, 0.717) is 0 Å². The van der Waals surface area contributed by atoms with Gasteiger partial charge in [0.2, 0.25) is 5.91 Å². The van der Waals surface area contributed by atoms with Gasteiger partial charge in [-0.3, -0.25) is 9.69 Å². The van der Waals surface area contributed by atoms with Gasteiger partial charge in [-0.25, -0.2) is 0 Å². The molecule has 0 saturated carbocycles. The normalized spacial score (nSPS) is 26.9. The van der Waals surface area contributed by atoms with Crippen LogP contribution in [0.4, 0.5) is 13.2 Å². The van der Waals surface area contributed by atoms with E-state index < -0.39 is 23.5 Å². The van der Waals surface area contributed by atoms with Gasteiger partial charge in [0.1, 0.15) is 0 Å². The van der Waals surface area contributed by atoms with Gasteiger partial charge in [-0.05, 0) is 26.8 Å². The van der Waals surface area contributed by atoms with E-state index in [9.17, 15) is 18.0 Å². The Bertz CT molecular complexity index is 263. The van der Waals surface area contributed by atoms with Crippen molar-refractivity contribution >= 4 is 5.91 Å². The van der Waals surface area contributed by atoms with Crippen LogP contribution in [0.3, 0.4) is 0 Å². The maximum Gasteiger partial charge on any atom is 0.393 e. The molecule has 0 bridgehead atoms. The van der Waals surface area contributed by atoms with Crippen LogP contribution in [0, 0.1) is 5.92 Å². The summed E-state index contributed by atoms with van der Waals surface area (Å²) in [6.07, 6.45) is -4.18. The van der Waals surface area contributed by atoms with Gasteiger partial charge in [0.15, 0.2) is 0 Å². The number of carbonyl (C=O) groups excluding carboxylic acids is 1. The first kappa shape index (κ1) is 12.3. The van der Waals surface area contributed by atoms with E-state index in [1.54, 1.807) is 0 Å². The van der Waals surface area contributed by atoms with Crippen molar-refractivity contribution in [1.82, 2.24) is 4.90 Å². The molecular formula is C9H15F3N2O. The second-order valence-corrected chi connectivity index (χ2v) is 4.42. The lowest BCUT2D eigenvalue weighted by atomic mass is 9.88. The zero-order valence-electron chi connectivity index (χ0n) is 8.77. The first-order valence-electron chi connectivity index (χ1n) is 4.75. The molecule has 1 atom stereocenters. The SMILES string of the molecule is CC1(C)[C@@H](C(F)(F)F)CCN1CC(N)=O. The van der Waals surface area contributed by atoms with Crippen molar-refractivity contribution in [3.63, 3.8) is 0 Å². The van der Waals surface area contributed by atoms with Crippen LogP contribution in [0.5, 0.6) is 0 Å². The van der Waals surface area contributed by atoms with Gasteiger partial charge in [0.05, 0.1) is 12.5 Å². The van der Waals surface area contributed by atoms with Crippen LogP contribution in [0.25, 0.3) is 0 Å². The summed E-state index contributed by atoms with van der Waals surface area (Å²) in [5, 5.41) is 0. The summed E-state index contributed by atoms with van der Waals surface area (Å²) >= 11 is 0. The number of nitrogens with zero attached hydrogens (tertiary/aromatic N) is 1. The number of amides is 1. The third-order valence-corrected chi connectivity index (χ3v) is 3.10. The molecule has 1 amide bonds. The highest BCUT2D eigenvalue weighted by Gasteiger charge is 2.54. The summed E-state index contributed by atoms with van der Waals surface area (Å²) in [6.45, 7) is 3.15. The Kier molecular flexibility index (Phi) is 3.00. The second kappa shape index (κ2) is 3.66. The van der Waals surface area contributed by atoms with Crippen molar-refractivity contribution < 1.29 is 18.0 Å². The number of halogens is 3. The van der Waals surface area contributed by atoms with Crippen molar-refractivity contribution in [2.75, 3.05) is 13.1 Å². The zero-order valence-corrected chi connectivity index (χ0v) is 8.77. The standard InChI is InChI=1S/C9H15F3N2O/c1-8(2)6(9(10,11)12)3-4-14(8)5-7(13)15/h6H,3-5H2,1-2H3,(H2,13,15)/t6-/m0/s1. The molecule has 6 heteroatoms. The Morgan fingerprint density at radius 3 is 2.40 bits per heavy atom. The molecule has 0 aromatic heterocycles. The average Bonchev–Trinajstić information content (AvgIpc) is 2.24. The molecule has 0 aromatic rings. The third kappa shape index (κ3) is 2.42. The molecular weight excluding hydrogens is 209 g/mol. The zero-order chi connectivity index (χ0) is 11.9. The van der Waals surface area contributed by atoms with E-state index in [4.69, 9.17) is 5.73 Å². The number of hydrogen-bond acceptors (Lipinski definition) is 2. The predicted molar refractivity (Wildman–Crippen MR) is 49.0 cm³/mol. The Balaban J connectivity index is 2.80. The van der Waals surface area contributed by atoms with Gasteiger partial charge in [-0.15, -0.1) is 0 Å². The minimum Gasteiger partial charge on any atom is -0.369 e. The lowest BCUT2D eigenvalue weighted by Gasteiger charge is -2.36. The fourth-order valence-electron chi connectivity index (χ4n) is 2.18. The lowest BCUT2D eigenvalue weighted by Crippen LogP contribution is -2.49. The number of carbonyl (C=O) groups is 1. The van der Waals surface area contributed by atoms with Gasteiger partial charge >= 0.3 is 6.18 Å². The third-order valence-electron chi connectivity index (χ3n) is 3.10. The maximum absolute atomic E-state index is 12.6. The Hall–Kier alpha value is -0.780. The molecule has 0 unspecified atom stereocenters. The smallest absolute Gasteiger partial charge is 0.369 e. The van der Waals surface area contributed by atoms with Crippen LogP contribution in [-0.4, -0.2) is 35.6 Å². The monoisotopic (exact) mass is 224 g/mol. The van der Waals surface area contributed by atoms with Crippen molar-refractivity contribution in [2.24, 2.45) is 11.7 Å². The quantitative estimate of drug-likeness (QED) is 0.764. The molecule has 1 aliphatic heterocycles. The first-order chi connectivity index (χ1) is 6.65. The van der Waals surface area contributed by atoms with Crippen LogP contribution >= 0.6 is 0 Å². The number of rotatable bonds is 2. The van der Waals surface area contributed by atoms with Crippen molar-refractivity contribution in [2.45, 2.75) is 32.0 Å². The molecule has 1 saturated heterocycles. The Morgan fingerprint density at radius 2 is 2.07 bits per heavy atom. The Morgan fingerprint density at radius 1 is 1.53 bits per heavy atom. The van der Waals surface area contributed by atoms with Crippen LogP contribution in [0.1, 0.15) is 20.3 Å². The summed E-state index contributed by atoms with van der Waals surface area (Å²) in [7, 11) is 0. The van der Waals surface area contributed by atoms with Gasteiger partial charge < -0.3 is 5.73 Å². The van der Waals surface area contributed by atoms with Crippen molar-refractivity contribution in [3.8, 4) is 0 Å². The van der Waals surface area contributed by atoms with Gasteiger partial charge in [0.25, 0.3) is 0 Å². The first-order valence-corrected chi connectivity index (χ1v) is 4.75. The second-order valence-electron chi connectivity index (χ2n) is 4.42. The van der Waals surface area contributed by atoms with E-state index >= 15 is 0 Å². The highest BCUT2D eigenvalue weighted by Crippen LogP contribution is 2.44. The van der Waals surface area contributed by atoms with Gasteiger partial charge in [0, 0.05) is 5.54 Å². The van der Waals surface area contributed by atoms with Crippen LogP contribution in [0.2, 0.25) is 0 Å². The van der Waals surface area contributed by atoms with E-state index in [1.165, 1.54) is 18.7 Å². The van der Waals surface area contributed by atoms with E-state index in [-0.39, 0.29) is 19.5 Å². The van der Waals surface area contributed by atoms with Gasteiger partial charge in [-0.1, -0.05) is 0 Å². The number of primary amides is 1. The molecule has 1 heterocycles. The number of hydrogen-bond donors (Lipinski definition) is 1. The fraction of sp³-hybridized carbons (Fsp3) is 0.889. The molecule has 88 valence electrons. The summed E-state index contributed by atoms with van der Waals surface area (Å²) < 4.78 is 37.9. The molecule has 3 nitrogen and oxygen atoms in total. The molecule has 15 heavy (non-hydrogen) atoms. The molecule has 1 fully saturated rings. The maximum atomic E-state index is 12.6. The predicted octanol–water partition coefficient (Wildman–Crippen LogP) is 1.13. The highest BCUT2D eigenvalue weighted by molar-refractivity contribution is 5.76. The lowest BCUT2D eigenvalue weighted by molar-refractivity contribution is -0.191. The average molecular weight is 224 g/mol. The summed E-state index contributed by atoms with van der Waals surface area (Å²) in [6, 6.07) is 0. The summed E-state index contributed by atoms with van der Waals surface area (Å²) in [4.78, 5) is 12.2. The molecule has 0 aromatic carbocycles. The van der Waals surface area contributed by atoms with Crippen LogP contribution < -0.4 is 5.73 Å². The summed E-state index contributed by atoms with van der Waals surface area (Å²) in [5.41, 5.74) is 3.94. The molecule has 0 spiro atoms. The van der Waals surface area contributed by atoms with Crippen LogP contribution in [-0.2, 0) is 4.79 Å². The molecule has 1 rings (SSSR count). The van der Waals surface area contributed by atoms with Crippen LogP contribution in [0.15, 0.2) is 0 Å². The molecule has 0 aliphatic carbocycles. The van der Waals surface area contributed by atoms with E-state index in [2.05, 4.69) is 0 Å². The Labute approximate surface area is 86.4 Å². The van der Waals surface area contributed by atoms with Gasteiger partial charge in [-0.2, -0.15) is 13.2 Å². The van der Waals surface area contributed by atoms with Crippen molar-refractivity contribution in [1.29, 1.82) is 0 Å². The largest absolute Gasteiger partial charge is 0.393 e. The minimum atomic E-state index is -4.21. The van der Waals surface area contributed by atoms with Crippen molar-refractivity contribution in [3.05, 3.63) is 0 Å². The topological polar surface area (TPSA) is 46.3 Å². The highest BCUT2D eigenvalue weighted by atomic mass is 19.4.